The van der Waals surface area contributed by atoms with Gasteiger partial charge in [-0.25, -0.2) is 0 Å². The maximum absolute atomic E-state index is 14.3. The van der Waals surface area contributed by atoms with E-state index in [1.165, 1.54) is 0 Å². The maximum atomic E-state index is 14.3. The standard InChI is InChI=1S/C27H21BrN2O2S/c28-20-13-14-22-21(16-20)26(23-12-7-15-33-23)30(17-24(31)29-22)27(32)25(18-8-3-1-4-9-18)19-10-5-2-6-11-19/h1-16,25-26H,17H2,(H,29,31). The number of halogens is 1. The number of nitrogens with zero attached hydrogens (tertiary/aromatic N) is 1. The van der Waals surface area contributed by atoms with Gasteiger partial charge in [-0.1, -0.05) is 82.7 Å². The zero-order valence-electron chi connectivity index (χ0n) is 17.6. The molecule has 1 aliphatic rings. The molecule has 1 unspecified atom stereocenters. The van der Waals surface area contributed by atoms with E-state index >= 15 is 0 Å². The van der Waals surface area contributed by atoms with Crippen LogP contribution in [0.2, 0.25) is 0 Å². The molecular weight excluding hydrogens is 496 g/mol. The lowest BCUT2D eigenvalue weighted by Gasteiger charge is -2.33. The predicted octanol–water partition coefficient (Wildman–Crippen LogP) is 6.21. The van der Waals surface area contributed by atoms with Crippen molar-refractivity contribution in [2.24, 2.45) is 0 Å². The number of fused-ring (bicyclic) bond motifs is 1. The van der Waals surface area contributed by atoms with E-state index in [0.29, 0.717) is 0 Å². The van der Waals surface area contributed by atoms with Crippen LogP contribution >= 0.6 is 27.3 Å². The number of hydrogen-bond donors (Lipinski definition) is 1. The third kappa shape index (κ3) is 4.36. The van der Waals surface area contributed by atoms with Crippen molar-refractivity contribution in [2.75, 3.05) is 11.9 Å². The Bertz CT molecular complexity index is 1240. The molecule has 1 atom stereocenters. The average molecular weight is 517 g/mol. The second-order valence-electron chi connectivity index (χ2n) is 7.92. The van der Waals surface area contributed by atoms with Crippen LogP contribution in [-0.2, 0) is 9.59 Å². The predicted molar refractivity (Wildman–Crippen MR) is 135 cm³/mol. The number of rotatable bonds is 4. The van der Waals surface area contributed by atoms with Crippen LogP contribution in [-0.4, -0.2) is 23.3 Å². The first-order valence-electron chi connectivity index (χ1n) is 10.6. The Kier molecular flexibility index (Phi) is 6.11. The highest BCUT2D eigenvalue weighted by atomic mass is 79.9. The summed E-state index contributed by atoms with van der Waals surface area (Å²) in [6.07, 6.45) is 0. The van der Waals surface area contributed by atoms with E-state index in [0.717, 1.165) is 31.7 Å². The summed E-state index contributed by atoms with van der Waals surface area (Å²) in [5, 5.41) is 5.00. The third-order valence-corrected chi connectivity index (χ3v) is 7.23. The van der Waals surface area contributed by atoms with E-state index in [9.17, 15) is 9.59 Å². The number of hydrogen-bond acceptors (Lipinski definition) is 3. The van der Waals surface area contributed by atoms with Crippen molar-refractivity contribution in [3.8, 4) is 0 Å². The van der Waals surface area contributed by atoms with E-state index in [1.807, 2.05) is 96.4 Å². The first kappa shape index (κ1) is 21.6. The molecule has 164 valence electrons. The van der Waals surface area contributed by atoms with Crippen LogP contribution in [0.15, 0.2) is 101 Å². The topological polar surface area (TPSA) is 49.4 Å². The molecule has 0 aliphatic carbocycles. The van der Waals surface area contributed by atoms with Crippen LogP contribution in [0, 0.1) is 0 Å². The molecule has 5 rings (SSSR count). The Balaban J connectivity index is 1.67. The van der Waals surface area contributed by atoms with Crippen LogP contribution in [0.3, 0.4) is 0 Å². The lowest BCUT2D eigenvalue weighted by atomic mass is 9.89. The summed E-state index contributed by atoms with van der Waals surface area (Å²) < 4.78 is 0.897. The number of anilines is 1. The Labute approximate surface area is 205 Å². The summed E-state index contributed by atoms with van der Waals surface area (Å²) in [7, 11) is 0. The first-order chi connectivity index (χ1) is 16.1. The number of carbonyl (C=O) groups is 2. The van der Waals surface area contributed by atoms with Crippen molar-refractivity contribution in [3.63, 3.8) is 0 Å². The van der Waals surface area contributed by atoms with Crippen molar-refractivity contribution in [3.05, 3.63) is 122 Å². The van der Waals surface area contributed by atoms with Crippen LogP contribution in [0.5, 0.6) is 0 Å². The van der Waals surface area contributed by atoms with Crippen LogP contribution < -0.4 is 5.32 Å². The van der Waals surface area contributed by atoms with E-state index in [1.54, 1.807) is 16.2 Å². The first-order valence-corrected chi connectivity index (χ1v) is 12.3. The van der Waals surface area contributed by atoms with Crippen molar-refractivity contribution >= 4 is 44.8 Å². The molecule has 1 aliphatic heterocycles. The van der Waals surface area contributed by atoms with Crippen molar-refractivity contribution < 1.29 is 9.59 Å². The van der Waals surface area contributed by atoms with E-state index < -0.39 is 5.92 Å². The lowest BCUT2D eigenvalue weighted by molar-refractivity contribution is -0.136. The zero-order chi connectivity index (χ0) is 22.8. The molecule has 0 fully saturated rings. The molecule has 2 amide bonds. The van der Waals surface area contributed by atoms with Gasteiger partial charge in [0.05, 0.1) is 12.0 Å². The molecule has 6 heteroatoms. The van der Waals surface area contributed by atoms with Gasteiger partial charge in [0.1, 0.15) is 6.54 Å². The highest BCUT2D eigenvalue weighted by Crippen LogP contribution is 2.41. The van der Waals surface area contributed by atoms with Gasteiger partial charge in [0.2, 0.25) is 11.8 Å². The minimum Gasteiger partial charge on any atom is -0.324 e. The summed E-state index contributed by atoms with van der Waals surface area (Å²) in [6.45, 7) is -0.0239. The number of nitrogens with one attached hydrogen (secondary N) is 1. The van der Waals surface area contributed by atoms with E-state index in [4.69, 9.17) is 0 Å². The Hall–Kier alpha value is -3.22. The highest BCUT2D eigenvalue weighted by molar-refractivity contribution is 9.10. The normalized spacial score (nSPS) is 15.6. The molecule has 0 saturated carbocycles. The van der Waals surface area contributed by atoms with Gasteiger partial charge in [-0.05, 0) is 40.8 Å². The molecule has 2 heterocycles. The van der Waals surface area contributed by atoms with Gasteiger partial charge in [-0.15, -0.1) is 11.3 Å². The number of carbonyl (C=O) groups excluding carboxylic acids is 2. The number of benzene rings is 3. The summed E-state index contributed by atoms with van der Waals surface area (Å²) in [5.74, 6) is -0.823. The third-order valence-electron chi connectivity index (χ3n) is 5.82. The average Bonchev–Trinajstić information content (AvgIpc) is 3.31. The maximum Gasteiger partial charge on any atom is 0.244 e. The Morgan fingerprint density at radius 3 is 2.21 bits per heavy atom. The van der Waals surface area contributed by atoms with E-state index in [2.05, 4.69) is 21.2 Å². The minimum atomic E-state index is -0.517. The number of amides is 2. The highest BCUT2D eigenvalue weighted by Gasteiger charge is 2.38. The van der Waals surface area contributed by atoms with Gasteiger partial charge >= 0.3 is 0 Å². The van der Waals surface area contributed by atoms with Crippen molar-refractivity contribution in [2.45, 2.75) is 12.0 Å². The summed E-state index contributed by atoms with van der Waals surface area (Å²) in [6, 6.07) is 28.9. The largest absolute Gasteiger partial charge is 0.324 e. The molecule has 1 aromatic heterocycles. The van der Waals surface area contributed by atoms with Gasteiger partial charge in [-0.2, -0.15) is 0 Å². The zero-order valence-corrected chi connectivity index (χ0v) is 20.1. The fourth-order valence-corrected chi connectivity index (χ4v) is 5.60. The van der Waals surface area contributed by atoms with Gasteiger partial charge in [-0.3, -0.25) is 9.59 Å². The molecule has 0 radical (unpaired) electrons. The summed E-state index contributed by atoms with van der Waals surface area (Å²) >= 11 is 5.15. The molecule has 3 aromatic carbocycles. The Morgan fingerprint density at radius 2 is 1.61 bits per heavy atom. The molecule has 0 bridgehead atoms. The monoisotopic (exact) mass is 516 g/mol. The van der Waals surface area contributed by atoms with Gasteiger partial charge in [0.15, 0.2) is 0 Å². The fourth-order valence-electron chi connectivity index (χ4n) is 4.37. The SMILES string of the molecule is O=C1CN(C(=O)C(c2ccccc2)c2ccccc2)C(c2cccs2)c2cc(Br)ccc2N1. The Morgan fingerprint density at radius 1 is 0.939 bits per heavy atom. The molecular formula is C27H21BrN2O2S. The summed E-state index contributed by atoms with van der Waals surface area (Å²) in [4.78, 5) is 30.0. The number of thiophene rings is 1. The molecule has 0 saturated heterocycles. The van der Waals surface area contributed by atoms with Crippen LogP contribution in [0.4, 0.5) is 5.69 Å². The van der Waals surface area contributed by atoms with Crippen LogP contribution in [0.25, 0.3) is 0 Å². The quantitative estimate of drug-likeness (QED) is 0.350. The van der Waals surface area contributed by atoms with Crippen molar-refractivity contribution in [1.29, 1.82) is 0 Å². The van der Waals surface area contributed by atoms with Crippen molar-refractivity contribution in [1.82, 2.24) is 4.90 Å². The summed E-state index contributed by atoms with van der Waals surface area (Å²) in [5.41, 5.74) is 3.43. The fraction of sp³-hybridized carbons (Fsp3) is 0.111. The van der Waals surface area contributed by atoms with Gasteiger partial charge in [0, 0.05) is 20.6 Å². The van der Waals surface area contributed by atoms with E-state index in [-0.39, 0.29) is 24.4 Å². The second-order valence-corrected chi connectivity index (χ2v) is 9.81. The molecule has 4 nitrogen and oxygen atoms in total. The lowest BCUT2D eigenvalue weighted by Crippen LogP contribution is -2.41. The van der Waals surface area contributed by atoms with Gasteiger partial charge in [0.25, 0.3) is 0 Å². The molecule has 1 N–H and O–H groups in total. The van der Waals surface area contributed by atoms with Crippen LogP contribution in [0.1, 0.15) is 33.5 Å². The molecule has 33 heavy (non-hydrogen) atoms. The smallest absolute Gasteiger partial charge is 0.244 e. The minimum absolute atomic E-state index is 0.0239. The van der Waals surface area contributed by atoms with Gasteiger partial charge < -0.3 is 10.2 Å². The molecule has 4 aromatic rings. The molecule has 0 spiro atoms. The second kappa shape index (κ2) is 9.33.